The highest BCUT2D eigenvalue weighted by Gasteiger charge is 2.17. The Labute approximate surface area is 122 Å². The molecule has 0 spiro atoms. The van der Waals surface area contributed by atoms with E-state index in [-0.39, 0.29) is 70.8 Å². The maximum Gasteiger partial charge on any atom is 0.159 e. The highest BCUT2D eigenvalue weighted by molar-refractivity contribution is 6.08. The lowest BCUT2D eigenvalue weighted by molar-refractivity contribution is 0.495. The van der Waals surface area contributed by atoms with E-state index in [0.717, 1.165) is 0 Å². The van der Waals surface area contributed by atoms with Gasteiger partial charge in [-0.3, -0.25) is 0 Å². The zero-order valence-corrected chi connectivity index (χ0v) is 10.1. The van der Waals surface area contributed by atoms with E-state index < -0.39 is 12.1 Å². The van der Waals surface area contributed by atoms with Crippen molar-refractivity contribution in [3.63, 3.8) is 0 Å². The number of hydrogen-bond acceptors (Lipinski definition) is 3. The first kappa shape index (κ1) is 5.29. The van der Waals surface area contributed by atoms with Crippen LogP contribution in [0.4, 0.5) is 5.69 Å². The van der Waals surface area contributed by atoms with Gasteiger partial charge in [-0.05, 0) is 12.1 Å². The summed E-state index contributed by atoms with van der Waals surface area (Å²) in [5.41, 5.74) is 0.287. The maximum atomic E-state index is 8.25. The largest absolute Gasteiger partial charge is 0.454 e. The van der Waals surface area contributed by atoms with Crippen LogP contribution in [-0.2, 0) is 0 Å². The van der Waals surface area contributed by atoms with Crippen LogP contribution in [0.25, 0.3) is 21.9 Å². The molecule has 94 valence electrons. The third-order valence-electron chi connectivity index (χ3n) is 2.99. The normalized spacial score (nSPS) is 21.9. The molecule has 0 fully saturated rings. The molecule has 3 heteroatoms. The summed E-state index contributed by atoms with van der Waals surface area (Å²) >= 11 is 0. The maximum absolute atomic E-state index is 8.25. The summed E-state index contributed by atoms with van der Waals surface area (Å²) in [5.74, 6) is 0. The van der Waals surface area contributed by atoms with Gasteiger partial charge in [0, 0.05) is 30.2 Å². The third-order valence-corrected chi connectivity index (χ3v) is 2.99. The van der Waals surface area contributed by atoms with Gasteiger partial charge in [0.25, 0.3) is 0 Å². The molecule has 0 amide bonds. The van der Waals surface area contributed by atoms with E-state index in [0.29, 0.717) is 0 Å². The van der Waals surface area contributed by atoms with E-state index in [1.807, 2.05) is 0 Å². The van der Waals surface area contributed by atoms with Crippen LogP contribution in [0.3, 0.4) is 0 Å². The first-order chi connectivity index (χ1) is 12.6. The molecule has 2 aromatic carbocycles. The number of benzene rings is 2. The van der Waals surface area contributed by atoms with Crippen molar-refractivity contribution in [2.24, 2.45) is 0 Å². The smallest absolute Gasteiger partial charge is 0.159 e. The number of nitrogens with zero attached hydrogens (tertiary/aromatic N) is 2. The minimum absolute atomic E-state index is 0.00927. The lowest BCUT2D eigenvalue weighted by atomic mass is 10.1. The van der Waals surface area contributed by atoms with Gasteiger partial charge in [0.15, 0.2) is 5.58 Å². The quantitative estimate of drug-likeness (QED) is 0.662. The average molecular weight is 258 g/mol. The standard InChI is InChI=1S/C16H14N2O/c1-17-9-10-18(11-17)14-7-4-6-13-12-5-2-3-8-15(12)19-16(13)14/h2-10H,11H2,1H3/i2D,3D,4D,5D,6D,8D,9D,10D. The minimum atomic E-state index is -0.443. The van der Waals surface area contributed by atoms with Crippen LogP contribution < -0.4 is 4.90 Å². The molecule has 1 aromatic heterocycles. The van der Waals surface area contributed by atoms with Gasteiger partial charge in [-0.25, -0.2) is 0 Å². The molecule has 4 rings (SSSR count). The number of hydrogen-bond donors (Lipinski definition) is 0. The monoisotopic (exact) mass is 258 g/mol. The van der Waals surface area contributed by atoms with Crippen molar-refractivity contribution in [1.29, 1.82) is 0 Å². The fourth-order valence-corrected chi connectivity index (χ4v) is 2.13. The van der Waals surface area contributed by atoms with Gasteiger partial charge in [0.2, 0.25) is 0 Å². The molecule has 0 unspecified atom stereocenters. The van der Waals surface area contributed by atoms with Crippen LogP contribution in [-0.4, -0.2) is 18.6 Å². The first-order valence-electron chi connectivity index (χ1n) is 9.74. The van der Waals surface area contributed by atoms with Crippen molar-refractivity contribution in [1.82, 2.24) is 4.90 Å². The lowest BCUT2D eigenvalue weighted by Gasteiger charge is -2.18. The van der Waals surface area contributed by atoms with Crippen molar-refractivity contribution in [2.45, 2.75) is 0 Å². The summed E-state index contributed by atoms with van der Waals surface area (Å²) in [7, 11) is 1.65. The topological polar surface area (TPSA) is 19.6 Å². The van der Waals surface area contributed by atoms with Crippen LogP contribution in [0, 0.1) is 0 Å². The number of furan rings is 1. The van der Waals surface area contributed by atoms with E-state index in [1.54, 1.807) is 7.05 Å². The van der Waals surface area contributed by atoms with Crippen molar-refractivity contribution >= 4 is 27.6 Å². The molecule has 0 saturated heterocycles. The number of rotatable bonds is 1. The van der Waals surface area contributed by atoms with E-state index in [2.05, 4.69) is 0 Å². The van der Waals surface area contributed by atoms with Crippen LogP contribution in [0.1, 0.15) is 11.0 Å². The third kappa shape index (κ3) is 1.51. The number of anilines is 1. The molecule has 3 aromatic rings. The molecule has 3 nitrogen and oxygen atoms in total. The average Bonchev–Trinajstić information content (AvgIpc) is 3.15. The minimum Gasteiger partial charge on any atom is -0.454 e. The Kier molecular flexibility index (Phi) is 1.05. The summed E-state index contributed by atoms with van der Waals surface area (Å²) < 4.78 is 70.1. The fraction of sp³-hybridized carbons (Fsp3) is 0.125. The Morgan fingerprint density at radius 1 is 1.11 bits per heavy atom. The summed E-state index contributed by atoms with van der Waals surface area (Å²) in [6.45, 7) is 0.176. The van der Waals surface area contributed by atoms with Gasteiger partial charge < -0.3 is 14.2 Å². The molecule has 0 saturated carbocycles. The molecule has 1 aliphatic heterocycles. The Hall–Kier alpha value is -2.42. The van der Waals surface area contributed by atoms with Crippen LogP contribution >= 0.6 is 0 Å². The number of fused-ring (bicyclic) bond motifs is 3. The van der Waals surface area contributed by atoms with Crippen LogP contribution in [0.15, 0.2) is 59.1 Å². The van der Waals surface area contributed by atoms with Crippen molar-refractivity contribution in [3.8, 4) is 0 Å². The SMILES string of the molecule is [2H]C1=C([2H])N(c2cc([2H])c([2H])c3c2oc2c([2H])c([2H])c([2H])c([2H])c23)CN1C. The first-order valence-corrected chi connectivity index (χ1v) is 5.74. The van der Waals surface area contributed by atoms with Crippen molar-refractivity contribution < 1.29 is 15.4 Å². The predicted molar refractivity (Wildman–Crippen MR) is 78.0 cm³/mol. The van der Waals surface area contributed by atoms with Gasteiger partial charge >= 0.3 is 0 Å². The molecule has 0 aliphatic carbocycles. The van der Waals surface area contributed by atoms with Gasteiger partial charge in [-0.2, -0.15) is 0 Å². The van der Waals surface area contributed by atoms with Gasteiger partial charge in [0.05, 0.1) is 23.3 Å². The van der Waals surface area contributed by atoms with Crippen molar-refractivity contribution in [3.05, 3.63) is 54.7 Å². The predicted octanol–water partition coefficient (Wildman–Crippen LogP) is 3.77. The van der Waals surface area contributed by atoms with E-state index in [9.17, 15) is 0 Å². The molecule has 19 heavy (non-hydrogen) atoms. The molecule has 0 radical (unpaired) electrons. The second-order valence-corrected chi connectivity index (χ2v) is 4.30. The Balaban J connectivity index is 2.17. The Morgan fingerprint density at radius 2 is 1.95 bits per heavy atom. The second-order valence-electron chi connectivity index (χ2n) is 4.30. The van der Waals surface area contributed by atoms with E-state index >= 15 is 0 Å². The highest BCUT2D eigenvalue weighted by atomic mass is 16.3. The van der Waals surface area contributed by atoms with Gasteiger partial charge in [-0.1, -0.05) is 30.2 Å². The summed E-state index contributed by atoms with van der Waals surface area (Å²) in [4.78, 5) is 2.98. The molecule has 0 bridgehead atoms. The Morgan fingerprint density at radius 3 is 2.79 bits per heavy atom. The van der Waals surface area contributed by atoms with Gasteiger partial charge in [-0.15, -0.1) is 0 Å². The molecule has 0 atom stereocenters. The number of para-hydroxylation sites is 2. The summed E-state index contributed by atoms with van der Waals surface area (Å²) in [6, 6.07) is -0.613. The molecule has 0 N–H and O–H groups in total. The zero-order valence-electron chi connectivity index (χ0n) is 18.1. The second kappa shape index (κ2) is 3.79. The van der Waals surface area contributed by atoms with Crippen LogP contribution in [0.2, 0.25) is 0 Å². The molecular weight excluding hydrogens is 236 g/mol. The van der Waals surface area contributed by atoms with Gasteiger partial charge in [0.1, 0.15) is 5.58 Å². The zero-order chi connectivity index (χ0) is 19.8. The fourth-order valence-electron chi connectivity index (χ4n) is 2.13. The van der Waals surface area contributed by atoms with Crippen molar-refractivity contribution in [2.75, 3.05) is 18.6 Å². The van der Waals surface area contributed by atoms with E-state index in [4.69, 9.17) is 15.4 Å². The lowest BCUT2D eigenvalue weighted by Crippen LogP contribution is -2.21. The molecule has 2 heterocycles. The Bertz CT molecular complexity index is 1170. The van der Waals surface area contributed by atoms with E-state index in [1.165, 1.54) is 15.9 Å². The summed E-state index contributed by atoms with van der Waals surface area (Å²) in [5, 5.41) is 0.152. The summed E-state index contributed by atoms with van der Waals surface area (Å²) in [6.07, 6.45) is -0.110. The molecular formula is C16H14N2O. The molecule has 1 aliphatic rings. The van der Waals surface area contributed by atoms with Crippen LogP contribution in [0.5, 0.6) is 0 Å². The highest BCUT2D eigenvalue weighted by Crippen LogP contribution is 2.35.